The Hall–Kier alpha value is -1.49. The second-order valence-corrected chi connectivity index (χ2v) is 5.42. The lowest BCUT2D eigenvalue weighted by Crippen LogP contribution is -2.23. The van der Waals surface area contributed by atoms with Crippen LogP contribution in [-0.4, -0.2) is 6.54 Å². The highest BCUT2D eigenvalue weighted by atomic mass is 14.9. The van der Waals surface area contributed by atoms with Crippen molar-refractivity contribution in [3.05, 3.63) is 29.3 Å². The predicted molar refractivity (Wildman–Crippen MR) is 73.0 cm³/mol. The minimum absolute atomic E-state index is 0.159. The Balaban J connectivity index is 2.61. The van der Waals surface area contributed by atoms with Crippen LogP contribution >= 0.6 is 0 Å². The van der Waals surface area contributed by atoms with E-state index in [1.807, 2.05) is 0 Å². The molecule has 0 radical (unpaired) electrons. The molecule has 1 N–H and O–H groups in total. The Morgan fingerprint density at radius 3 is 2.65 bits per heavy atom. The molecule has 17 heavy (non-hydrogen) atoms. The average Bonchev–Trinajstić information content (AvgIpc) is 2.29. The van der Waals surface area contributed by atoms with Gasteiger partial charge >= 0.3 is 0 Å². The fourth-order valence-electron chi connectivity index (χ4n) is 1.76. The van der Waals surface area contributed by atoms with Crippen LogP contribution in [0.2, 0.25) is 0 Å². The van der Waals surface area contributed by atoms with Gasteiger partial charge in [0.05, 0.1) is 6.07 Å². The highest BCUT2D eigenvalue weighted by Crippen LogP contribution is 2.24. The molecule has 1 aromatic carbocycles. The number of benzene rings is 1. The normalized spacial score (nSPS) is 11.0. The molecular weight excluding hydrogens is 208 g/mol. The van der Waals surface area contributed by atoms with Crippen molar-refractivity contribution in [3.63, 3.8) is 0 Å². The van der Waals surface area contributed by atoms with Crippen LogP contribution in [0, 0.1) is 30.6 Å². The van der Waals surface area contributed by atoms with Crippen LogP contribution in [-0.2, 0) is 0 Å². The number of hydrogen-bond donors (Lipinski definition) is 1. The van der Waals surface area contributed by atoms with Crippen molar-refractivity contribution in [3.8, 4) is 6.07 Å². The fraction of sp³-hybridized carbons (Fsp3) is 0.533. The minimum atomic E-state index is 0.159. The van der Waals surface area contributed by atoms with Crippen molar-refractivity contribution in [2.75, 3.05) is 11.9 Å². The van der Waals surface area contributed by atoms with Crippen molar-refractivity contribution in [1.29, 1.82) is 5.26 Å². The monoisotopic (exact) mass is 230 g/mol. The Morgan fingerprint density at radius 2 is 2.00 bits per heavy atom. The first kappa shape index (κ1) is 13.6. The number of anilines is 1. The quantitative estimate of drug-likeness (QED) is 0.828. The summed E-state index contributed by atoms with van der Waals surface area (Å²) in [5.41, 5.74) is 3.98. The molecule has 92 valence electrons. The van der Waals surface area contributed by atoms with Gasteiger partial charge in [-0.25, -0.2) is 0 Å². The average molecular weight is 230 g/mol. The molecule has 0 aromatic heterocycles. The third-order valence-corrected chi connectivity index (χ3v) is 3.28. The molecule has 2 nitrogen and oxygen atoms in total. The highest BCUT2D eigenvalue weighted by Gasteiger charge is 2.17. The molecule has 0 bridgehead atoms. The van der Waals surface area contributed by atoms with Crippen molar-refractivity contribution >= 4 is 5.69 Å². The fourth-order valence-corrected chi connectivity index (χ4v) is 1.76. The molecule has 0 fully saturated rings. The third kappa shape index (κ3) is 4.11. The number of nitrogens with one attached hydrogen (secondary N) is 1. The Labute approximate surface area is 105 Å². The summed E-state index contributed by atoms with van der Waals surface area (Å²) in [6, 6.07) is 8.53. The van der Waals surface area contributed by atoms with Gasteiger partial charge in [-0.3, -0.25) is 0 Å². The van der Waals surface area contributed by atoms with Crippen LogP contribution < -0.4 is 5.32 Å². The van der Waals surface area contributed by atoms with Crippen LogP contribution in [0.25, 0.3) is 0 Å². The van der Waals surface area contributed by atoms with E-state index in [9.17, 15) is 0 Å². The molecular formula is C15H22N2. The minimum Gasteiger partial charge on any atom is -0.384 e. The second kappa shape index (κ2) is 5.72. The molecule has 1 rings (SSSR count). The summed E-state index contributed by atoms with van der Waals surface area (Å²) in [4.78, 5) is 0. The molecule has 0 aliphatic rings. The SMILES string of the molecule is Cc1cccc(NCC(C)(C)CCC#N)c1C. The van der Waals surface area contributed by atoms with E-state index >= 15 is 0 Å². The lowest BCUT2D eigenvalue weighted by atomic mass is 9.88. The Morgan fingerprint density at radius 1 is 1.29 bits per heavy atom. The predicted octanol–water partition coefficient (Wildman–Crippen LogP) is 4.05. The first-order valence-electron chi connectivity index (χ1n) is 6.13. The van der Waals surface area contributed by atoms with Gasteiger partial charge in [-0.2, -0.15) is 5.26 Å². The number of hydrogen-bond acceptors (Lipinski definition) is 2. The molecule has 0 unspecified atom stereocenters. The van der Waals surface area contributed by atoms with Gasteiger partial charge < -0.3 is 5.32 Å². The van der Waals surface area contributed by atoms with E-state index < -0.39 is 0 Å². The molecule has 0 atom stereocenters. The maximum Gasteiger partial charge on any atom is 0.0621 e. The summed E-state index contributed by atoms with van der Waals surface area (Å²) in [7, 11) is 0. The first-order valence-corrected chi connectivity index (χ1v) is 6.13. The van der Waals surface area contributed by atoms with E-state index in [0.717, 1.165) is 13.0 Å². The number of rotatable bonds is 5. The zero-order chi connectivity index (χ0) is 12.9. The van der Waals surface area contributed by atoms with E-state index in [-0.39, 0.29) is 5.41 Å². The van der Waals surface area contributed by atoms with E-state index in [1.165, 1.54) is 16.8 Å². The van der Waals surface area contributed by atoms with Gasteiger partial charge in [-0.15, -0.1) is 0 Å². The maximum absolute atomic E-state index is 8.62. The van der Waals surface area contributed by atoms with Crippen LogP contribution in [0.3, 0.4) is 0 Å². The molecule has 1 aromatic rings. The van der Waals surface area contributed by atoms with E-state index in [1.54, 1.807) is 0 Å². The highest BCUT2D eigenvalue weighted by molar-refractivity contribution is 5.53. The maximum atomic E-state index is 8.62. The third-order valence-electron chi connectivity index (χ3n) is 3.28. The summed E-state index contributed by atoms with van der Waals surface area (Å²) < 4.78 is 0. The van der Waals surface area contributed by atoms with Crippen molar-refractivity contribution in [2.45, 2.75) is 40.5 Å². The Bertz CT molecular complexity index is 413. The van der Waals surface area contributed by atoms with Crippen molar-refractivity contribution in [2.24, 2.45) is 5.41 Å². The lowest BCUT2D eigenvalue weighted by molar-refractivity contribution is 0.364. The van der Waals surface area contributed by atoms with Gasteiger partial charge in [-0.1, -0.05) is 26.0 Å². The summed E-state index contributed by atoms with van der Waals surface area (Å²) in [6.07, 6.45) is 1.56. The standard InChI is InChI=1S/C15H22N2/c1-12-7-5-8-14(13(12)2)17-11-15(3,4)9-6-10-16/h5,7-8,17H,6,9,11H2,1-4H3. The van der Waals surface area contributed by atoms with Crippen LogP contribution in [0.1, 0.15) is 37.8 Å². The van der Waals surface area contributed by atoms with Crippen molar-refractivity contribution in [1.82, 2.24) is 0 Å². The van der Waals surface area contributed by atoms with Crippen LogP contribution in [0.15, 0.2) is 18.2 Å². The van der Waals surface area contributed by atoms with Gasteiger partial charge in [0, 0.05) is 18.7 Å². The number of nitriles is 1. The summed E-state index contributed by atoms with van der Waals surface area (Å²) in [5, 5.41) is 12.1. The molecule has 2 heteroatoms. The van der Waals surface area contributed by atoms with Crippen molar-refractivity contribution < 1.29 is 0 Å². The largest absolute Gasteiger partial charge is 0.384 e. The summed E-state index contributed by atoms with van der Waals surface area (Å²) in [6.45, 7) is 9.56. The van der Waals surface area contributed by atoms with E-state index in [0.29, 0.717) is 6.42 Å². The van der Waals surface area contributed by atoms with Crippen LogP contribution in [0.5, 0.6) is 0 Å². The lowest BCUT2D eigenvalue weighted by Gasteiger charge is -2.25. The summed E-state index contributed by atoms with van der Waals surface area (Å²) in [5.74, 6) is 0. The van der Waals surface area contributed by atoms with Gasteiger partial charge in [0.1, 0.15) is 0 Å². The molecule has 0 spiro atoms. The zero-order valence-electron chi connectivity index (χ0n) is 11.3. The first-order chi connectivity index (χ1) is 7.96. The smallest absolute Gasteiger partial charge is 0.0621 e. The summed E-state index contributed by atoms with van der Waals surface area (Å²) >= 11 is 0. The number of nitrogens with zero attached hydrogens (tertiary/aromatic N) is 1. The molecule has 0 saturated carbocycles. The van der Waals surface area contributed by atoms with E-state index in [2.05, 4.69) is 57.3 Å². The molecule has 0 aliphatic carbocycles. The topological polar surface area (TPSA) is 35.8 Å². The van der Waals surface area contributed by atoms with Gasteiger partial charge in [0.25, 0.3) is 0 Å². The van der Waals surface area contributed by atoms with Gasteiger partial charge in [-0.05, 0) is 42.9 Å². The second-order valence-electron chi connectivity index (χ2n) is 5.42. The Kier molecular flexibility index (Phi) is 4.57. The van der Waals surface area contributed by atoms with E-state index in [4.69, 9.17) is 5.26 Å². The van der Waals surface area contributed by atoms with Gasteiger partial charge in [0.15, 0.2) is 0 Å². The van der Waals surface area contributed by atoms with Crippen LogP contribution in [0.4, 0.5) is 5.69 Å². The number of aryl methyl sites for hydroxylation is 1. The molecule has 0 amide bonds. The van der Waals surface area contributed by atoms with Gasteiger partial charge in [0.2, 0.25) is 0 Å². The molecule has 0 saturated heterocycles. The molecule has 0 aliphatic heterocycles. The molecule has 0 heterocycles. The zero-order valence-corrected chi connectivity index (χ0v) is 11.3.